The maximum absolute atomic E-state index is 15.0. The minimum atomic E-state index is -5.10. The average Bonchev–Trinajstić information content (AvgIpc) is 3.09. The molecule has 0 saturated carbocycles. The largest absolute Gasteiger partial charge is 0.465 e. The zero-order valence-corrected chi connectivity index (χ0v) is 17.8. The van der Waals surface area contributed by atoms with Gasteiger partial charge in [0.1, 0.15) is 17.3 Å². The number of aromatic nitrogens is 2. The number of alkyl halides is 3. The highest BCUT2D eigenvalue weighted by Crippen LogP contribution is 2.37. The van der Waals surface area contributed by atoms with Crippen LogP contribution in [0.25, 0.3) is 16.9 Å². The molecule has 1 fully saturated rings. The van der Waals surface area contributed by atoms with Crippen LogP contribution in [0.1, 0.15) is 22.9 Å². The molecule has 2 N–H and O–H groups in total. The SMILES string of the molecule is Cc1ccn2c(C[C@H]3CN(C(=O)O)CCO3)c(-c3c(F)cc(C(O)C(F)(F)F)cc3F)nc2c1. The van der Waals surface area contributed by atoms with Crippen LogP contribution < -0.4 is 0 Å². The number of pyridine rings is 1. The Morgan fingerprint density at radius 2 is 1.94 bits per heavy atom. The van der Waals surface area contributed by atoms with Crippen LogP contribution in [0.15, 0.2) is 30.5 Å². The number of carbonyl (C=O) groups is 1. The van der Waals surface area contributed by atoms with Crippen LogP contribution in [-0.4, -0.2) is 62.6 Å². The number of nitrogens with zero attached hydrogens (tertiary/aromatic N) is 3. The van der Waals surface area contributed by atoms with Crippen LogP contribution >= 0.6 is 0 Å². The van der Waals surface area contributed by atoms with E-state index in [1.165, 1.54) is 0 Å². The van der Waals surface area contributed by atoms with Gasteiger partial charge in [-0.15, -0.1) is 0 Å². The number of halogens is 5. The Morgan fingerprint density at radius 1 is 1.26 bits per heavy atom. The zero-order valence-electron chi connectivity index (χ0n) is 17.8. The summed E-state index contributed by atoms with van der Waals surface area (Å²) < 4.78 is 75.7. The van der Waals surface area contributed by atoms with Crippen molar-refractivity contribution >= 4 is 11.7 Å². The molecule has 3 aromatic rings. The zero-order chi connectivity index (χ0) is 24.8. The number of amides is 1. The Hall–Kier alpha value is -3.25. The molecule has 34 heavy (non-hydrogen) atoms. The van der Waals surface area contributed by atoms with Gasteiger partial charge >= 0.3 is 12.3 Å². The Balaban J connectivity index is 1.81. The highest BCUT2D eigenvalue weighted by Gasteiger charge is 2.40. The first kappa shape index (κ1) is 23.9. The molecule has 1 aliphatic rings. The monoisotopic (exact) mass is 485 g/mol. The Bertz CT molecular complexity index is 1220. The number of imidazole rings is 1. The summed E-state index contributed by atoms with van der Waals surface area (Å²) in [5.74, 6) is -2.65. The van der Waals surface area contributed by atoms with Crippen molar-refractivity contribution in [3.8, 4) is 11.3 Å². The second-order valence-corrected chi connectivity index (χ2v) is 8.07. The second kappa shape index (κ2) is 8.84. The van der Waals surface area contributed by atoms with Gasteiger partial charge in [0.05, 0.1) is 36.2 Å². The third kappa shape index (κ3) is 4.55. The van der Waals surface area contributed by atoms with Crippen LogP contribution in [0.3, 0.4) is 0 Å². The van der Waals surface area contributed by atoms with Gasteiger partial charge in [0.2, 0.25) is 0 Å². The van der Waals surface area contributed by atoms with E-state index in [1.807, 2.05) is 0 Å². The molecule has 0 aliphatic carbocycles. The van der Waals surface area contributed by atoms with E-state index in [0.717, 1.165) is 10.5 Å². The summed E-state index contributed by atoms with van der Waals surface area (Å²) in [7, 11) is 0. The number of morpholine rings is 1. The summed E-state index contributed by atoms with van der Waals surface area (Å²) in [6.07, 6.45) is -8.24. The number of rotatable bonds is 4. The van der Waals surface area contributed by atoms with Crippen molar-refractivity contribution in [3.05, 3.63) is 58.9 Å². The molecule has 0 radical (unpaired) electrons. The van der Waals surface area contributed by atoms with Gasteiger partial charge in [-0.05, 0) is 42.3 Å². The lowest BCUT2D eigenvalue weighted by atomic mass is 10.0. The molecule has 2 aromatic heterocycles. The summed E-state index contributed by atoms with van der Waals surface area (Å²) in [6, 6.07) is 4.26. The van der Waals surface area contributed by atoms with Crippen molar-refractivity contribution in [3.63, 3.8) is 0 Å². The number of carboxylic acid groups (broad SMARTS) is 1. The van der Waals surface area contributed by atoms with Gasteiger partial charge < -0.3 is 24.3 Å². The van der Waals surface area contributed by atoms with Gasteiger partial charge in [0, 0.05) is 19.2 Å². The van der Waals surface area contributed by atoms with E-state index in [9.17, 15) is 37.0 Å². The highest BCUT2D eigenvalue weighted by atomic mass is 19.4. The van der Waals surface area contributed by atoms with Crippen LogP contribution in [0.5, 0.6) is 0 Å². The molecule has 1 aromatic carbocycles. The molecule has 1 amide bonds. The first-order chi connectivity index (χ1) is 16.0. The second-order valence-electron chi connectivity index (χ2n) is 8.07. The predicted octanol–water partition coefficient (Wildman–Crippen LogP) is 4.10. The molecule has 12 heteroatoms. The number of hydrogen-bond donors (Lipinski definition) is 2. The van der Waals surface area contributed by atoms with Crippen molar-refractivity contribution in [2.75, 3.05) is 19.7 Å². The van der Waals surface area contributed by atoms with E-state index in [-0.39, 0.29) is 31.8 Å². The maximum atomic E-state index is 15.0. The average molecular weight is 485 g/mol. The van der Waals surface area contributed by atoms with Gasteiger partial charge in [0.25, 0.3) is 0 Å². The summed E-state index contributed by atoms with van der Waals surface area (Å²) in [6.45, 7) is 2.12. The quantitative estimate of drug-likeness (QED) is 0.544. The molecular weight excluding hydrogens is 465 g/mol. The molecule has 0 spiro atoms. The minimum absolute atomic E-state index is 0.0234. The fourth-order valence-electron chi connectivity index (χ4n) is 3.99. The molecule has 1 unspecified atom stereocenters. The van der Waals surface area contributed by atoms with Crippen molar-refractivity contribution in [1.82, 2.24) is 14.3 Å². The molecule has 0 bridgehead atoms. The minimum Gasteiger partial charge on any atom is -0.465 e. The van der Waals surface area contributed by atoms with Gasteiger partial charge in [0.15, 0.2) is 6.10 Å². The first-order valence-electron chi connectivity index (χ1n) is 10.3. The normalized spacial score (nSPS) is 17.9. The van der Waals surface area contributed by atoms with Gasteiger partial charge in [-0.2, -0.15) is 13.2 Å². The highest BCUT2D eigenvalue weighted by molar-refractivity contribution is 5.69. The Morgan fingerprint density at radius 3 is 2.56 bits per heavy atom. The number of aryl methyl sites for hydroxylation is 1. The molecule has 7 nitrogen and oxygen atoms in total. The van der Waals surface area contributed by atoms with E-state index >= 15 is 0 Å². The van der Waals surface area contributed by atoms with Crippen LogP contribution in [0.4, 0.5) is 26.7 Å². The summed E-state index contributed by atoms with van der Waals surface area (Å²) in [5, 5.41) is 18.7. The summed E-state index contributed by atoms with van der Waals surface area (Å²) in [5.41, 5.74) is -0.320. The predicted molar refractivity (Wildman–Crippen MR) is 109 cm³/mol. The van der Waals surface area contributed by atoms with E-state index in [2.05, 4.69) is 4.98 Å². The third-order valence-electron chi connectivity index (χ3n) is 5.64. The number of aliphatic hydroxyl groups is 1. The first-order valence-corrected chi connectivity index (χ1v) is 10.3. The number of fused-ring (bicyclic) bond motifs is 1. The van der Waals surface area contributed by atoms with Gasteiger partial charge in [-0.25, -0.2) is 18.6 Å². The fraction of sp³-hybridized carbons (Fsp3) is 0.364. The lowest BCUT2D eigenvalue weighted by Gasteiger charge is -2.31. The maximum Gasteiger partial charge on any atom is 0.418 e. The number of ether oxygens (including phenoxy) is 1. The van der Waals surface area contributed by atoms with E-state index < -0.39 is 47.2 Å². The van der Waals surface area contributed by atoms with Crippen LogP contribution in [0, 0.1) is 18.6 Å². The summed E-state index contributed by atoms with van der Waals surface area (Å²) >= 11 is 0. The molecule has 182 valence electrons. The van der Waals surface area contributed by atoms with E-state index in [0.29, 0.717) is 23.5 Å². The van der Waals surface area contributed by atoms with Crippen LogP contribution in [-0.2, 0) is 11.2 Å². The molecule has 4 rings (SSSR count). The van der Waals surface area contributed by atoms with E-state index in [1.54, 1.807) is 29.7 Å². The molecule has 2 atom stereocenters. The van der Waals surface area contributed by atoms with Crippen molar-refractivity contribution < 1.29 is 41.7 Å². The summed E-state index contributed by atoms with van der Waals surface area (Å²) in [4.78, 5) is 16.8. The topological polar surface area (TPSA) is 87.3 Å². The smallest absolute Gasteiger partial charge is 0.418 e. The number of hydrogen-bond acceptors (Lipinski definition) is 4. The van der Waals surface area contributed by atoms with Gasteiger partial charge in [-0.3, -0.25) is 0 Å². The third-order valence-corrected chi connectivity index (χ3v) is 5.64. The van der Waals surface area contributed by atoms with Crippen molar-refractivity contribution in [2.45, 2.75) is 31.7 Å². The fourth-order valence-corrected chi connectivity index (χ4v) is 3.99. The Labute approximate surface area is 190 Å². The molecule has 1 saturated heterocycles. The Kier molecular flexibility index (Phi) is 6.21. The number of benzene rings is 1. The molecule has 1 aliphatic heterocycles. The molecule has 3 heterocycles. The van der Waals surface area contributed by atoms with E-state index in [4.69, 9.17) is 4.74 Å². The van der Waals surface area contributed by atoms with Crippen LogP contribution in [0.2, 0.25) is 0 Å². The lowest BCUT2D eigenvalue weighted by Crippen LogP contribution is -2.45. The molecular formula is C22H20F5N3O4. The van der Waals surface area contributed by atoms with Gasteiger partial charge in [-0.1, -0.05) is 0 Å². The number of aliphatic hydroxyl groups excluding tert-OH is 1. The van der Waals surface area contributed by atoms with Crippen molar-refractivity contribution in [2.24, 2.45) is 0 Å². The standard InChI is InChI=1S/C22H20F5N3O4/c1-11-2-3-30-16(9-13-10-29(21(32)33)4-5-34-13)19(28-17(30)6-11)18-14(23)7-12(8-15(18)24)20(31)22(25,26)27/h2-3,6-8,13,20,31H,4-5,9-10H2,1H3,(H,32,33)/t13-,20?/m0/s1. The lowest BCUT2D eigenvalue weighted by molar-refractivity contribution is -0.206. The van der Waals surface area contributed by atoms with Crippen molar-refractivity contribution in [1.29, 1.82) is 0 Å².